The van der Waals surface area contributed by atoms with Crippen LogP contribution in [0.4, 0.5) is 0 Å². The normalized spacial score (nSPS) is 23.6. The van der Waals surface area contributed by atoms with Crippen LogP contribution in [0.25, 0.3) is 0 Å². The Morgan fingerprint density at radius 3 is 2.79 bits per heavy atom. The lowest BCUT2D eigenvalue weighted by molar-refractivity contribution is 0.184. The Bertz CT molecular complexity index is 407. The first-order valence-corrected chi connectivity index (χ1v) is 7.13. The molecule has 0 spiro atoms. The summed E-state index contributed by atoms with van der Waals surface area (Å²) in [5.41, 5.74) is 8.50. The zero-order valence-electron chi connectivity index (χ0n) is 12.3. The summed E-state index contributed by atoms with van der Waals surface area (Å²) in [6.07, 6.45) is 1.37. The molecule has 0 radical (unpaired) electrons. The van der Waals surface area contributed by atoms with E-state index in [0.717, 1.165) is 18.4 Å². The molecule has 2 rings (SSSR count). The Kier molecular flexibility index (Phi) is 4.97. The number of methoxy groups -OCH3 is 1. The molecule has 0 amide bonds. The molecule has 1 saturated carbocycles. The molecule has 106 valence electrons. The number of nitrogens with zero attached hydrogens (tertiary/aromatic N) is 1. The van der Waals surface area contributed by atoms with Crippen molar-refractivity contribution in [2.24, 2.45) is 17.6 Å². The van der Waals surface area contributed by atoms with Crippen LogP contribution >= 0.6 is 0 Å². The topological polar surface area (TPSA) is 38.5 Å². The molecule has 0 saturated heterocycles. The van der Waals surface area contributed by atoms with Crippen molar-refractivity contribution in [1.29, 1.82) is 0 Å². The highest BCUT2D eigenvalue weighted by Gasteiger charge is 2.34. The number of hydrogen-bond acceptors (Lipinski definition) is 3. The molecule has 1 aliphatic carbocycles. The maximum atomic E-state index is 5.99. The van der Waals surface area contributed by atoms with Crippen LogP contribution in [0.3, 0.4) is 0 Å². The van der Waals surface area contributed by atoms with Gasteiger partial charge in [-0.2, -0.15) is 0 Å². The minimum absolute atomic E-state index is 0.310. The van der Waals surface area contributed by atoms with Crippen molar-refractivity contribution in [2.45, 2.75) is 26.0 Å². The van der Waals surface area contributed by atoms with Gasteiger partial charge < -0.3 is 10.5 Å². The lowest BCUT2D eigenvalue weighted by Gasteiger charge is -2.28. The summed E-state index contributed by atoms with van der Waals surface area (Å²) in [6.45, 7) is 4.80. The summed E-state index contributed by atoms with van der Waals surface area (Å²) in [5, 5.41) is 0. The van der Waals surface area contributed by atoms with Crippen LogP contribution in [0.15, 0.2) is 24.3 Å². The van der Waals surface area contributed by atoms with Crippen LogP contribution in [0.2, 0.25) is 0 Å². The second-order valence-electron chi connectivity index (χ2n) is 5.84. The summed E-state index contributed by atoms with van der Waals surface area (Å²) >= 11 is 0. The van der Waals surface area contributed by atoms with Crippen molar-refractivity contribution in [3.8, 4) is 0 Å². The van der Waals surface area contributed by atoms with Crippen LogP contribution in [0.5, 0.6) is 0 Å². The zero-order valence-corrected chi connectivity index (χ0v) is 12.3. The van der Waals surface area contributed by atoms with Crippen LogP contribution in [-0.2, 0) is 11.3 Å². The van der Waals surface area contributed by atoms with Crippen LogP contribution in [-0.4, -0.2) is 32.1 Å². The van der Waals surface area contributed by atoms with Gasteiger partial charge in [-0.3, -0.25) is 4.90 Å². The average Bonchev–Trinajstić information content (AvgIpc) is 3.06. The summed E-state index contributed by atoms with van der Waals surface area (Å²) in [5.74, 6) is 1.75. The van der Waals surface area contributed by atoms with Crippen molar-refractivity contribution in [2.75, 3.05) is 27.2 Å². The minimum Gasteiger partial charge on any atom is -0.380 e. The molecule has 3 nitrogen and oxygen atoms in total. The van der Waals surface area contributed by atoms with Gasteiger partial charge in [0.2, 0.25) is 0 Å². The first-order valence-electron chi connectivity index (χ1n) is 7.13. The highest BCUT2D eigenvalue weighted by atomic mass is 16.5. The van der Waals surface area contributed by atoms with Crippen molar-refractivity contribution < 1.29 is 4.74 Å². The van der Waals surface area contributed by atoms with Crippen LogP contribution in [0.1, 0.15) is 30.5 Å². The quantitative estimate of drug-likeness (QED) is 0.820. The lowest BCUT2D eigenvalue weighted by Crippen LogP contribution is -2.32. The second kappa shape index (κ2) is 6.51. The highest BCUT2D eigenvalue weighted by Crippen LogP contribution is 2.39. The van der Waals surface area contributed by atoms with Crippen molar-refractivity contribution in [3.05, 3.63) is 35.4 Å². The monoisotopic (exact) mass is 262 g/mol. The van der Waals surface area contributed by atoms with Gasteiger partial charge in [0.1, 0.15) is 0 Å². The fourth-order valence-corrected chi connectivity index (χ4v) is 2.78. The van der Waals surface area contributed by atoms with E-state index >= 15 is 0 Å². The van der Waals surface area contributed by atoms with E-state index in [1.165, 1.54) is 17.5 Å². The molecule has 3 heteroatoms. The number of hydrogen-bond donors (Lipinski definition) is 1. The minimum atomic E-state index is 0.310. The zero-order chi connectivity index (χ0) is 13.8. The molecule has 3 unspecified atom stereocenters. The van der Waals surface area contributed by atoms with E-state index in [1.54, 1.807) is 7.11 Å². The number of nitrogens with two attached hydrogens (primary N) is 1. The molecular weight excluding hydrogens is 236 g/mol. The van der Waals surface area contributed by atoms with Gasteiger partial charge in [-0.15, -0.1) is 0 Å². The molecule has 0 heterocycles. The fourth-order valence-electron chi connectivity index (χ4n) is 2.78. The van der Waals surface area contributed by atoms with E-state index in [2.05, 4.69) is 43.1 Å². The van der Waals surface area contributed by atoms with Gasteiger partial charge in [-0.1, -0.05) is 31.2 Å². The molecule has 2 N–H and O–H groups in total. The van der Waals surface area contributed by atoms with E-state index in [1.807, 2.05) is 0 Å². The van der Waals surface area contributed by atoms with E-state index in [0.29, 0.717) is 19.2 Å². The summed E-state index contributed by atoms with van der Waals surface area (Å²) in [6, 6.07) is 8.89. The van der Waals surface area contributed by atoms with E-state index in [4.69, 9.17) is 10.5 Å². The number of rotatable bonds is 7. The summed E-state index contributed by atoms with van der Waals surface area (Å²) in [7, 11) is 3.92. The standard InChI is InChI=1S/C16H26N2O/c1-12-7-15(12)10-18(2)16(9-17)14-6-4-5-13(8-14)11-19-3/h4-6,8,12,15-16H,7,9-11,17H2,1-3H3. The van der Waals surface area contributed by atoms with Crippen molar-refractivity contribution >= 4 is 0 Å². The first-order chi connectivity index (χ1) is 9.15. The molecule has 0 aromatic heterocycles. The Balaban J connectivity index is 2.04. The van der Waals surface area contributed by atoms with Gasteiger partial charge in [0.15, 0.2) is 0 Å². The second-order valence-corrected chi connectivity index (χ2v) is 5.84. The first kappa shape index (κ1) is 14.5. The fraction of sp³-hybridized carbons (Fsp3) is 0.625. The van der Waals surface area contributed by atoms with Gasteiger partial charge in [-0.05, 0) is 36.4 Å². The SMILES string of the molecule is COCc1cccc(C(CN)N(C)CC2CC2C)c1. The maximum absolute atomic E-state index is 5.99. The molecule has 1 fully saturated rings. The number of benzene rings is 1. The molecular formula is C16H26N2O. The molecule has 3 atom stereocenters. The predicted molar refractivity (Wildman–Crippen MR) is 78.9 cm³/mol. The van der Waals surface area contributed by atoms with Crippen molar-refractivity contribution in [1.82, 2.24) is 4.90 Å². The summed E-state index contributed by atoms with van der Waals surface area (Å²) < 4.78 is 5.20. The Morgan fingerprint density at radius 2 is 2.21 bits per heavy atom. The predicted octanol–water partition coefficient (Wildman–Crippen LogP) is 2.42. The van der Waals surface area contributed by atoms with Gasteiger partial charge in [0, 0.05) is 26.2 Å². The molecule has 1 aromatic rings. The molecule has 19 heavy (non-hydrogen) atoms. The third-order valence-electron chi connectivity index (χ3n) is 4.20. The third-order valence-corrected chi connectivity index (χ3v) is 4.20. The van der Waals surface area contributed by atoms with E-state index in [-0.39, 0.29) is 0 Å². The maximum Gasteiger partial charge on any atom is 0.0713 e. The lowest BCUT2D eigenvalue weighted by atomic mass is 10.0. The van der Waals surface area contributed by atoms with Gasteiger partial charge in [-0.25, -0.2) is 0 Å². The molecule has 1 aromatic carbocycles. The Hall–Kier alpha value is -0.900. The van der Waals surface area contributed by atoms with E-state index in [9.17, 15) is 0 Å². The summed E-state index contributed by atoms with van der Waals surface area (Å²) in [4.78, 5) is 2.40. The molecule has 0 bridgehead atoms. The van der Waals surface area contributed by atoms with Crippen LogP contribution in [0, 0.1) is 11.8 Å². The van der Waals surface area contributed by atoms with Gasteiger partial charge in [0.05, 0.1) is 6.61 Å². The molecule has 0 aliphatic heterocycles. The largest absolute Gasteiger partial charge is 0.380 e. The highest BCUT2D eigenvalue weighted by molar-refractivity contribution is 5.26. The number of likely N-dealkylation sites (N-methyl/N-ethyl adjacent to an activating group) is 1. The van der Waals surface area contributed by atoms with Crippen LogP contribution < -0.4 is 5.73 Å². The van der Waals surface area contributed by atoms with E-state index < -0.39 is 0 Å². The van der Waals surface area contributed by atoms with Crippen molar-refractivity contribution in [3.63, 3.8) is 0 Å². The van der Waals surface area contributed by atoms with Gasteiger partial charge in [0.25, 0.3) is 0 Å². The Morgan fingerprint density at radius 1 is 1.47 bits per heavy atom. The average molecular weight is 262 g/mol. The smallest absolute Gasteiger partial charge is 0.0713 e. The third kappa shape index (κ3) is 3.78. The number of ether oxygens (including phenoxy) is 1. The molecule has 1 aliphatic rings. The van der Waals surface area contributed by atoms with Gasteiger partial charge >= 0.3 is 0 Å². The Labute approximate surface area is 116 Å².